The second-order valence-corrected chi connectivity index (χ2v) is 6.17. The quantitative estimate of drug-likeness (QED) is 0.882. The highest BCUT2D eigenvalue weighted by atomic mass is 79.9. The lowest BCUT2D eigenvalue weighted by atomic mass is 10.0. The predicted molar refractivity (Wildman–Crippen MR) is 83.7 cm³/mol. The lowest BCUT2D eigenvalue weighted by Crippen LogP contribution is -2.30. The zero-order valence-corrected chi connectivity index (χ0v) is 12.9. The van der Waals surface area contributed by atoms with Crippen molar-refractivity contribution >= 4 is 21.8 Å². The molecule has 20 heavy (non-hydrogen) atoms. The smallest absolute Gasteiger partial charge is 0.252 e. The van der Waals surface area contributed by atoms with Crippen molar-refractivity contribution in [3.63, 3.8) is 0 Å². The minimum absolute atomic E-state index is 0.0222. The SMILES string of the molecule is CC1Cc2ccccc2C1NC(=O)c1ccccc1Br. The molecule has 2 nitrogen and oxygen atoms in total. The Balaban J connectivity index is 1.85. The third-order valence-electron chi connectivity index (χ3n) is 3.91. The predicted octanol–water partition coefficient (Wildman–Crippen LogP) is 4.11. The van der Waals surface area contributed by atoms with Crippen LogP contribution in [0.4, 0.5) is 0 Å². The Labute approximate surface area is 127 Å². The van der Waals surface area contributed by atoms with Gasteiger partial charge in [0.25, 0.3) is 5.91 Å². The van der Waals surface area contributed by atoms with Crippen LogP contribution in [0.15, 0.2) is 53.0 Å². The van der Waals surface area contributed by atoms with Crippen molar-refractivity contribution in [3.8, 4) is 0 Å². The van der Waals surface area contributed by atoms with Crippen LogP contribution in [-0.2, 0) is 6.42 Å². The summed E-state index contributed by atoms with van der Waals surface area (Å²) in [6, 6.07) is 16.0. The highest BCUT2D eigenvalue weighted by molar-refractivity contribution is 9.10. The molecule has 0 bridgehead atoms. The van der Waals surface area contributed by atoms with Crippen LogP contribution >= 0.6 is 15.9 Å². The summed E-state index contributed by atoms with van der Waals surface area (Å²) >= 11 is 3.43. The minimum Gasteiger partial charge on any atom is -0.345 e. The van der Waals surface area contributed by atoms with E-state index in [-0.39, 0.29) is 11.9 Å². The van der Waals surface area contributed by atoms with E-state index < -0.39 is 0 Å². The first kappa shape index (κ1) is 13.4. The second kappa shape index (κ2) is 5.41. The fourth-order valence-electron chi connectivity index (χ4n) is 2.88. The monoisotopic (exact) mass is 329 g/mol. The van der Waals surface area contributed by atoms with Crippen molar-refractivity contribution in [2.45, 2.75) is 19.4 Å². The Morgan fingerprint density at radius 2 is 1.85 bits per heavy atom. The number of halogens is 1. The van der Waals surface area contributed by atoms with E-state index >= 15 is 0 Å². The molecule has 0 heterocycles. The number of carbonyl (C=O) groups excluding carboxylic acids is 1. The first-order valence-corrected chi connectivity index (χ1v) is 7.59. The molecule has 1 aliphatic carbocycles. The summed E-state index contributed by atoms with van der Waals surface area (Å²) in [6.45, 7) is 2.19. The van der Waals surface area contributed by atoms with Gasteiger partial charge < -0.3 is 5.32 Å². The molecule has 0 aromatic heterocycles. The molecule has 3 rings (SSSR count). The summed E-state index contributed by atoms with van der Waals surface area (Å²) in [5.74, 6) is 0.407. The molecule has 0 aliphatic heterocycles. The van der Waals surface area contributed by atoms with Gasteiger partial charge in [-0.15, -0.1) is 0 Å². The minimum atomic E-state index is -0.0222. The highest BCUT2D eigenvalue weighted by Crippen LogP contribution is 2.35. The Morgan fingerprint density at radius 3 is 2.65 bits per heavy atom. The summed E-state index contributed by atoms with van der Waals surface area (Å²) < 4.78 is 0.830. The van der Waals surface area contributed by atoms with Crippen LogP contribution in [0.5, 0.6) is 0 Å². The van der Waals surface area contributed by atoms with Gasteiger partial charge in [-0.05, 0) is 51.5 Å². The molecule has 1 N–H and O–H groups in total. The van der Waals surface area contributed by atoms with Crippen molar-refractivity contribution < 1.29 is 4.79 Å². The van der Waals surface area contributed by atoms with E-state index in [0.29, 0.717) is 11.5 Å². The maximum atomic E-state index is 12.4. The Morgan fingerprint density at radius 1 is 1.15 bits per heavy atom. The van der Waals surface area contributed by atoms with Crippen LogP contribution in [0.2, 0.25) is 0 Å². The Bertz CT molecular complexity index is 653. The van der Waals surface area contributed by atoms with Crippen LogP contribution < -0.4 is 5.32 Å². The van der Waals surface area contributed by atoms with Crippen molar-refractivity contribution in [1.29, 1.82) is 0 Å². The lowest BCUT2D eigenvalue weighted by molar-refractivity contribution is 0.0926. The standard InChI is InChI=1S/C17H16BrNO/c1-11-10-12-6-2-3-7-13(12)16(11)19-17(20)14-8-4-5-9-15(14)18/h2-9,11,16H,10H2,1H3,(H,19,20). The Kier molecular flexibility index (Phi) is 3.62. The topological polar surface area (TPSA) is 29.1 Å². The third-order valence-corrected chi connectivity index (χ3v) is 4.60. The number of amides is 1. The van der Waals surface area contributed by atoms with Gasteiger partial charge in [0, 0.05) is 4.47 Å². The van der Waals surface area contributed by atoms with Gasteiger partial charge in [-0.1, -0.05) is 43.3 Å². The molecule has 2 atom stereocenters. The molecule has 1 amide bonds. The average molecular weight is 330 g/mol. The van der Waals surface area contributed by atoms with Crippen LogP contribution in [0.1, 0.15) is 34.5 Å². The molecule has 2 aromatic carbocycles. The lowest BCUT2D eigenvalue weighted by Gasteiger charge is -2.19. The zero-order valence-electron chi connectivity index (χ0n) is 11.3. The molecule has 2 aromatic rings. The normalized spacial score (nSPS) is 20.5. The molecule has 0 fully saturated rings. The summed E-state index contributed by atoms with van der Waals surface area (Å²) in [7, 11) is 0. The molecule has 0 saturated heterocycles. The van der Waals surface area contributed by atoms with E-state index in [4.69, 9.17) is 0 Å². The molecule has 0 spiro atoms. The molecule has 3 heteroatoms. The van der Waals surface area contributed by atoms with E-state index in [1.807, 2.05) is 30.3 Å². The largest absolute Gasteiger partial charge is 0.345 e. The maximum absolute atomic E-state index is 12.4. The molecular weight excluding hydrogens is 314 g/mol. The number of nitrogens with one attached hydrogen (secondary N) is 1. The number of rotatable bonds is 2. The second-order valence-electron chi connectivity index (χ2n) is 5.31. The van der Waals surface area contributed by atoms with Crippen molar-refractivity contribution in [2.75, 3.05) is 0 Å². The molecular formula is C17H16BrNO. The summed E-state index contributed by atoms with van der Waals surface area (Å²) in [5, 5.41) is 3.17. The van der Waals surface area contributed by atoms with Crippen molar-refractivity contribution in [2.24, 2.45) is 5.92 Å². The van der Waals surface area contributed by atoms with Crippen LogP contribution in [-0.4, -0.2) is 5.91 Å². The number of hydrogen-bond donors (Lipinski definition) is 1. The van der Waals surface area contributed by atoms with Gasteiger partial charge in [0.1, 0.15) is 0 Å². The van der Waals surface area contributed by atoms with Gasteiger partial charge >= 0.3 is 0 Å². The van der Waals surface area contributed by atoms with E-state index in [9.17, 15) is 4.79 Å². The van der Waals surface area contributed by atoms with Gasteiger partial charge in [0.2, 0.25) is 0 Å². The van der Waals surface area contributed by atoms with E-state index in [1.165, 1.54) is 11.1 Å². The number of benzene rings is 2. The van der Waals surface area contributed by atoms with Gasteiger partial charge in [-0.2, -0.15) is 0 Å². The van der Waals surface area contributed by atoms with Crippen LogP contribution in [0.25, 0.3) is 0 Å². The number of carbonyl (C=O) groups is 1. The highest BCUT2D eigenvalue weighted by Gasteiger charge is 2.30. The van der Waals surface area contributed by atoms with Crippen LogP contribution in [0.3, 0.4) is 0 Å². The summed E-state index contributed by atoms with van der Waals surface area (Å²) in [5.41, 5.74) is 3.28. The molecule has 2 unspecified atom stereocenters. The fraction of sp³-hybridized carbons (Fsp3) is 0.235. The van der Waals surface area contributed by atoms with Gasteiger partial charge in [-0.3, -0.25) is 4.79 Å². The first-order valence-electron chi connectivity index (χ1n) is 6.80. The maximum Gasteiger partial charge on any atom is 0.252 e. The molecule has 0 saturated carbocycles. The van der Waals surface area contributed by atoms with Gasteiger partial charge in [0.15, 0.2) is 0 Å². The Hall–Kier alpha value is -1.61. The van der Waals surface area contributed by atoms with Crippen molar-refractivity contribution in [3.05, 3.63) is 69.7 Å². The average Bonchev–Trinajstić information content (AvgIpc) is 2.76. The first-order chi connectivity index (χ1) is 9.66. The molecule has 102 valence electrons. The van der Waals surface area contributed by atoms with Gasteiger partial charge in [-0.25, -0.2) is 0 Å². The van der Waals surface area contributed by atoms with Gasteiger partial charge in [0.05, 0.1) is 11.6 Å². The summed E-state index contributed by atoms with van der Waals surface area (Å²) in [4.78, 5) is 12.4. The fourth-order valence-corrected chi connectivity index (χ4v) is 3.34. The molecule has 0 radical (unpaired) electrons. The third kappa shape index (κ3) is 2.38. The number of fused-ring (bicyclic) bond motifs is 1. The zero-order chi connectivity index (χ0) is 14.1. The number of hydrogen-bond acceptors (Lipinski definition) is 1. The molecule has 1 aliphatic rings. The van der Waals surface area contributed by atoms with Crippen LogP contribution in [0, 0.1) is 5.92 Å². The van der Waals surface area contributed by atoms with E-state index in [1.54, 1.807) is 0 Å². The van der Waals surface area contributed by atoms with E-state index in [2.05, 4.69) is 46.4 Å². The van der Waals surface area contributed by atoms with E-state index in [0.717, 1.165) is 10.9 Å². The summed E-state index contributed by atoms with van der Waals surface area (Å²) in [6.07, 6.45) is 1.02. The van der Waals surface area contributed by atoms with Crippen molar-refractivity contribution in [1.82, 2.24) is 5.32 Å².